The first-order valence-corrected chi connectivity index (χ1v) is 13.0. The molecule has 7 nitrogen and oxygen atoms in total. The molecule has 2 heterocycles. The zero-order valence-corrected chi connectivity index (χ0v) is 20.0. The molecule has 4 rings (SSSR count). The van der Waals surface area contributed by atoms with Crippen molar-refractivity contribution < 1.29 is 27.5 Å². The summed E-state index contributed by atoms with van der Waals surface area (Å²) in [6, 6.07) is 4.05. The third-order valence-electron chi connectivity index (χ3n) is 7.23. The van der Waals surface area contributed by atoms with Gasteiger partial charge in [-0.3, -0.25) is 9.59 Å². The number of benzene rings is 1. The van der Waals surface area contributed by atoms with E-state index in [1.165, 1.54) is 4.31 Å². The van der Waals surface area contributed by atoms with E-state index in [1.807, 2.05) is 32.9 Å². The Hall–Kier alpha value is -1.61. The molecule has 1 aromatic carbocycles. The van der Waals surface area contributed by atoms with Crippen LogP contribution in [0.1, 0.15) is 53.9 Å². The molecule has 3 fully saturated rings. The summed E-state index contributed by atoms with van der Waals surface area (Å²) in [5.41, 5.74) is 3.53. The van der Waals surface area contributed by atoms with Gasteiger partial charge in [0.25, 0.3) is 0 Å². The Morgan fingerprint density at radius 3 is 2.12 bits per heavy atom. The topological polar surface area (TPSA) is 90.0 Å². The molecule has 1 aromatic rings. The van der Waals surface area contributed by atoms with Gasteiger partial charge in [-0.25, -0.2) is 12.7 Å². The van der Waals surface area contributed by atoms with Crippen molar-refractivity contribution >= 4 is 21.6 Å². The van der Waals surface area contributed by atoms with E-state index in [1.54, 1.807) is 0 Å². The van der Waals surface area contributed by atoms with E-state index in [9.17, 15) is 18.0 Å². The van der Waals surface area contributed by atoms with Gasteiger partial charge in [-0.05, 0) is 55.7 Å². The summed E-state index contributed by atoms with van der Waals surface area (Å²) >= 11 is 0. The number of ketones is 2. The minimum absolute atomic E-state index is 0.0274. The third kappa shape index (κ3) is 4.69. The zero-order chi connectivity index (χ0) is 23.1. The first-order valence-electron chi connectivity index (χ1n) is 11.4. The van der Waals surface area contributed by atoms with E-state index in [0.717, 1.165) is 22.3 Å². The quantitative estimate of drug-likeness (QED) is 0.637. The second kappa shape index (κ2) is 8.97. The van der Waals surface area contributed by atoms with Crippen molar-refractivity contribution in [2.24, 2.45) is 5.41 Å². The van der Waals surface area contributed by atoms with Crippen LogP contribution in [0.15, 0.2) is 12.1 Å². The smallest absolute Gasteiger partial charge is 0.216 e. The predicted octanol–water partition coefficient (Wildman–Crippen LogP) is 2.45. The molecule has 1 unspecified atom stereocenters. The number of ether oxygens (including phenoxy) is 2. The van der Waals surface area contributed by atoms with Crippen LogP contribution in [-0.4, -0.2) is 69.1 Å². The summed E-state index contributed by atoms with van der Waals surface area (Å²) < 4.78 is 38.0. The van der Waals surface area contributed by atoms with Crippen LogP contribution in [0.4, 0.5) is 0 Å². The maximum absolute atomic E-state index is 13.2. The van der Waals surface area contributed by atoms with Crippen LogP contribution in [0, 0.1) is 26.2 Å². The van der Waals surface area contributed by atoms with Crippen molar-refractivity contribution in [2.75, 3.05) is 38.7 Å². The number of piperidine rings is 1. The highest BCUT2D eigenvalue weighted by Crippen LogP contribution is 2.47. The highest BCUT2D eigenvalue weighted by atomic mass is 32.2. The van der Waals surface area contributed by atoms with Crippen molar-refractivity contribution in [3.63, 3.8) is 0 Å². The summed E-state index contributed by atoms with van der Waals surface area (Å²) in [6.07, 6.45) is 1.30. The average molecular weight is 464 g/mol. The Labute approximate surface area is 190 Å². The molecule has 0 bridgehead atoms. The number of sulfonamides is 1. The second-order valence-corrected chi connectivity index (χ2v) is 11.8. The molecule has 2 aliphatic heterocycles. The van der Waals surface area contributed by atoms with E-state index in [-0.39, 0.29) is 17.3 Å². The molecular formula is C24H33NO6S. The molecular weight excluding hydrogens is 430 g/mol. The van der Waals surface area contributed by atoms with Crippen LogP contribution in [0.25, 0.3) is 0 Å². The summed E-state index contributed by atoms with van der Waals surface area (Å²) in [5.74, 6) is -0.835. The molecule has 0 N–H and O–H groups in total. The predicted molar refractivity (Wildman–Crippen MR) is 120 cm³/mol. The Morgan fingerprint density at radius 1 is 1.00 bits per heavy atom. The van der Waals surface area contributed by atoms with Gasteiger partial charge in [0.1, 0.15) is 17.5 Å². The van der Waals surface area contributed by atoms with Gasteiger partial charge in [-0.1, -0.05) is 17.7 Å². The number of rotatable bonds is 4. The van der Waals surface area contributed by atoms with E-state index in [0.29, 0.717) is 58.6 Å². The molecule has 1 spiro atoms. The van der Waals surface area contributed by atoms with Crippen LogP contribution in [0.3, 0.4) is 0 Å². The summed E-state index contributed by atoms with van der Waals surface area (Å²) in [6.45, 7) is 7.81. The van der Waals surface area contributed by atoms with E-state index >= 15 is 0 Å². The lowest BCUT2D eigenvalue weighted by Gasteiger charge is -2.44. The SMILES string of the molecule is Cc1cc(C)c(C2C(=O)CC3(CCN(S(=O)(=O)CC4COCCO4)CC3)CC2=O)c(C)c1. The minimum atomic E-state index is -3.48. The van der Waals surface area contributed by atoms with Crippen molar-refractivity contribution in [1.82, 2.24) is 4.31 Å². The van der Waals surface area contributed by atoms with Gasteiger partial charge in [0.2, 0.25) is 10.0 Å². The maximum atomic E-state index is 13.2. The molecule has 176 valence electrons. The highest BCUT2D eigenvalue weighted by molar-refractivity contribution is 7.89. The number of carbonyl (C=O) groups is 2. The van der Waals surface area contributed by atoms with Crippen LogP contribution in [0.5, 0.6) is 0 Å². The van der Waals surface area contributed by atoms with Crippen molar-refractivity contribution in [1.29, 1.82) is 0 Å². The number of Topliss-reactive ketones (excluding diaryl/α,β-unsaturated/α-hetero) is 2. The normalized spacial score (nSPS) is 25.4. The number of carbonyl (C=O) groups excluding carboxylic acids is 2. The molecule has 1 atom stereocenters. The van der Waals surface area contributed by atoms with Crippen molar-refractivity contribution in [2.45, 2.75) is 58.5 Å². The van der Waals surface area contributed by atoms with Crippen LogP contribution >= 0.6 is 0 Å². The highest BCUT2D eigenvalue weighted by Gasteiger charge is 2.48. The number of aryl methyl sites for hydroxylation is 3. The lowest BCUT2D eigenvalue weighted by molar-refractivity contribution is -0.138. The lowest BCUT2D eigenvalue weighted by Crippen LogP contribution is -2.50. The second-order valence-electron chi connectivity index (χ2n) is 9.78. The third-order valence-corrected chi connectivity index (χ3v) is 9.17. The van der Waals surface area contributed by atoms with E-state index in [2.05, 4.69) is 0 Å². The zero-order valence-electron chi connectivity index (χ0n) is 19.2. The Kier molecular flexibility index (Phi) is 6.60. The van der Waals surface area contributed by atoms with Crippen LogP contribution < -0.4 is 0 Å². The number of hydrogen-bond acceptors (Lipinski definition) is 6. The van der Waals surface area contributed by atoms with Gasteiger partial charge in [-0.15, -0.1) is 0 Å². The van der Waals surface area contributed by atoms with Gasteiger partial charge in [0, 0.05) is 25.9 Å². The molecule has 32 heavy (non-hydrogen) atoms. The molecule has 0 aromatic heterocycles. The lowest BCUT2D eigenvalue weighted by atomic mass is 9.63. The Bertz CT molecular complexity index is 960. The van der Waals surface area contributed by atoms with E-state index < -0.39 is 27.5 Å². The summed E-state index contributed by atoms with van der Waals surface area (Å²) in [5, 5.41) is 0. The first kappa shape index (κ1) is 23.5. The standard InChI is InChI=1S/C24H33NO6S/c1-16-10-17(2)22(18(3)11-16)23-20(26)12-24(13-21(23)27)4-6-25(7-5-24)32(28,29)15-19-14-30-8-9-31-19/h10-11,19,23H,4-9,12-15H2,1-3H3. The molecule has 1 aliphatic carbocycles. The van der Waals surface area contributed by atoms with Gasteiger partial charge < -0.3 is 9.47 Å². The fourth-order valence-electron chi connectivity index (χ4n) is 5.72. The van der Waals surface area contributed by atoms with Gasteiger partial charge in [0.05, 0.1) is 31.7 Å². The summed E-state index contributed by atoms with van der Waals surface area (Å²) in [7, 11) is -3.48. The van der Waals surface area contributed by atoms with Crippen molar-refractivity contribution in [3.8, 4) is 0 Å². The fraction of sp³-hybridized carbons (Fsp3) is 0.667. The fourth-order valence-corrected chi connectivity index (χ4v) is 7.33. The van der Waals surface area contributed by atoms with Crippen LogP contribution in [-0.2, 0) is 29.1 Å². The van der Waals surface area contributed by atoms with Gasteiger partial charge >= 0.3 is 0 Å². The molecule has 1 saturated carbocycles. The Morgan fingerprint density at radius 2 is 1.59 bits per heavy atom. The minimum Gasteiger partial charge on any atom is -0.376 e. The number of hydrogen-bond donors (Lipinski definition) is 0. The summed E-state index contributed by atoms with van der Waals surface area (Å²) in [4.78, 5) is 26.5. The molecule has 3 aliphatic rings. The number of nitrogens with zero attached hydrogens (tertiary/aromatic N) is 1. The molecule has 2 saturated heterocycles. The first-order chi connectivity index (χ1) is 15.1. The molecule has 0 amide bonds. The average Bonchev–Trinajstić information content (AvgIpc) is 2.70. The van der Waals surface area contributed by atoms with Crippen molar-refractivity contribution in [3.05, 3.63) is 34.4 Å². The van der Waals surface area contributed by atoms with E-state index in [4.69, 9.17) is 9.47 Å². The largest absolute Gasteiger partial charge is 0.376 e. The molecule has 0 radical (unpaired) electrons. The van der Waals surface area contributed by atoms with Crippen LogP contribution in [0.2, 0.25) is 0 Å². The molecule has 8 heteroatoms. The van der Waals surface area contributed by atoms with Gasteiger partial charge in [0.15, 0.2) is 0 Å². The monoisotopic (exact) mass is 463 g/mol. The van der Waals surface area contributed by atoms with Gasteiger partial charge in [-0.2, -0.15) is 0 Å². The maximum Gasteiger partial charge on any atom is 0.216 e. The Balaban J connectivity index is 1.43.